The SMILES string of the molecule is CN=C(NCC(CO)c1ccccc1)NCC(CC(C)C)N1CCOCC1.I. The van der Waals surface area contributed by atoms with Crippen LogP contribution in [0.1, 0.15) is 31.7 Å². The van der Waals surface area contributed by atoms with Crippen molar-refractivity contribution in [2.75, 3.05) is 53.0 Å². The van der Waals surface area contributed by atoms with Crippen LogP contribution in [0.3, 0.4) is 0 Å². The summed E-state index contributed by atoms with van der Waals surface area (Å²) >= 11 is 0. The van der Waals surface area contributed by atoms with Crippen LogP contribution in [0.5, 0.6) is 0 Å². The van der Waals surface area contributed by atoms with Gasteiger partial charge in [0.05, 0.1) is 19.8 Å². The van der Waals surface area contributed by atoms with E-state index >= 15 is 0 Å². The van der Waals surface area contributed by atoms with E-state index in [-0.39, 0.29) is 36.5 Å². The lowest BCUT2D eigenvalue weighted by Crippen LogP contribution is -2.51. The first-order valence-corrected chi connectivity index (χ1v) is 10.1. The highest BCUT2D eigenvalue weighted by molar-refractivity contribution is 14.0. The zero-order chi connectivity index (χ0) is 19.5. The summed E-state index contributed by atoms with van der Waals surface area (Å²) in [6.45, 7) is 9.76. The number of nitrogens with one attached hydrogen (secondary N) is 2. The van der Waals surface area contributed by atoms with Crippen LogP contribution in [0.2, 0.25) is 0 Å². The number of aliphatic hydroxyl groups excluding tert-OH is 1. The fraction of sp³-hybridized carbons (Fsp3) is 0.667. The molecule has 0 radical (unpaired) electrons. The Morgan fingerprint density at radius 1 is 1.14 bits per heavy atom. The molecule has 2 atom stereocenters. The molecule has 1 heterocycles. The third-order valence-electron chi connectivity index (χ3n) is 5.04. The van der Waals surface area contributed by atoms with Crippen LogP contribution in [0.15, 0.2) is 35.3 Å². The first kappa shape index (κ1) is 25.1. The summed E-state index contributed by atoms with van der Waals surface area (Å²) in [5, 5.41) is 16.6. The van der Waals surface area contributed by atoms with Crippen molar-refractivity contribution in [2.45, 2.75) is 32.2 Å². The quantitative estimate of drug-likeness (QED) is 0.274. The van der Waals surface area contributed by atoms with E-state index in [0.717, 1.165) is 50.8 Å². The minimum atomic E-state index is 0. The van der Waals surface area contributed by atoms with Gasteiger partial charge in [0.1, 0.15) is 0 Å². The van der Waals surface area contributed by atoms with Gasteiger partial charge in [0.25, 0.3) is 0 Å². The number of rotatable bonds is 9. The normalized spacial score (nSPS) is 17.7. The maximum Gasteiger partial charge on any atom is 0.191 e. The summed E-state index contributed by atoms with van der Waals surface area (Å²) in [7, 11) is 1.79. The number of nitrogens with zero attached hydrogens (tertiary/aromatic N) is 2. The number of aliphatic imine (C=N–C) groups is 1. The van der Waals surface area contributed by atoms with Crippen LogP contribution < -0.4 is 10.6 Å². The Morgan fingerprint density at radius 2 is 1.79 bits per heavy atom. The Morgan fingerprint density at radius 3 is 2.36 bits per heavy atom. The smallest absolute Gasteiger partial charge is 0.191 e. The van der Waals surface area contributed by atoms with Gasteiger partial charge >= 0.3 is 0 Å². The van der Waals surface area contributed by atoms with Crippen LogP contribution in [0.4, 0.5) is 0 Å². The largest absolute Gasteiger partial charge is 0.396 e. The van der Waals surface area contributed by atoms with Crippen LogP contribution in [0.25, 0.3) is 0 Å². The van der Waals surface area contributed by atoms with Crippen molar-refractivity contribution >= 4 is 29.9 Å². The number of hydrogen-bond donors (Lipinski definition) is 3. The van der Waals surface area contributed by atoms with Gasteiger partial charge in [-0.25, -0.2) is 0 Å². The molecule has 1 saturated heterocycles. The first-order valence-electron chi connectivity index (χ1n) is 10.1. The fourth-order valence-corrected chi connectivity index (χ4v) is 3.52. The highest BCUT2D eigenvalue weighted by atomic mass is 127. The van der Waals surface area contributed by atoms with E-state index in [9.17, 15) is 5.11 Å². The Hall–Kier alpha value is -0.900. The molecule has 0 aromatic heterocycles. The average molecular weight is 504 g/mol. The predicted octanol–water partition coefficient (Wildman–Crippen LogP) is 2.29. The summed E-state index contributed by atoms with van der Waals surface area (Å²) in [5.74, 6) is 1.48. The molecule has 0 spiro atoms. The van der Waals surface area contributed by atoms with Crippen molar-refractivity contribution in [3.63, 3.8) is 0 Å². The van der Waals surface area contributed by atoms with Crippen LogP contribution >= 0.6 is 24.0 Å². The molecular formula is C21H37IN4O2. The molecule has 6 nitrogen and oxygen atoms in total. The van der Waals surface area contributed by atoms with Crippen LogP contribution in [-0.4, -0.2) is 75.1 Å². The number of morpholine rings is 1. The van der Waals surface area contributed by atoms with Crippen molar-refractivity contribution < 1.29 is 9.84 Å². The van der Waals surface area contributed by atoms with Crippen molar-refractivity contribution in [3.8, 4) is 0 Å². The van der Waals surface area contributed by atoms with E-state index in [4.69, 9.17) is 4.74 Å². The number of hydrogen-bond acceptors (Lipinski definition) is 4. The molecule has 1 aliphatic rings. The third kappa shape index (κ3) is 8.63. The van der Waals surface area contributed by atoms with Gasteiger partial charge in [0.2, 0.25) is 0 Å². The molecule has 28 heavy (non-hydrogen) atoms. The molecule has 2 unspecified atom stereocenters. The average Bonchev–Trinajstić information content (AvgIpc) is 2.70. The van der Waals surface area contributed by atoms with Gasteiger partial charge in [-0.05, 0) is 17.9 Å². The van der Waals surface area contributed by atoms with Crippen molar-refractivity contribution in [1.82, 2.24) is 15.5 Å². The maximum atomic E-state index is 9.73. The molecule has 7 heteroatoms. The molecule has 0 saturated carbocycles. The molecule has 2 rings (SSSR count). The number of guanidine groups is 1. The maximum absolute atomic E-state index is 9.73. The number of benzene rings is 1. The second-order valence-corrected chi connectivity index (χ2v) is 7.56. The van der Waals surface area contributed by atoms with Gasteiger partial charge in [-0.15, -0.1) is 24.0 Å². The molecule has 3 N–H and O–H groups in total. The van der Waals surface area contributed by atoms with E-state index in [1.54, 1.807) is 7.05 Å². The molecule has 0 bridgehead atoms. The third-order valence-corrected chi connectivity index (χ3v) is 5.04. The number of aliphatic hydroxyl groups is 1. The highest BCUT2D eigenvalue weighted by Crippen LogP contribution is 2.14. The van der Waals surface area contributed by atoms with Crippen molar-refractivity contribution in [3.05, 3.63) is 35.9 Å². The molecule has 1 aromatic carbocycles. The van der Waals surface area contributed by atoms with Gasteiger partial charge < -0.3 is 20.5 Å². The van der Waals surface area contributed by atoms with E-state index in [1.807, 2.05) is 18.2 Å². The topological polar surface area (TPSA) is 69.1 Å². The lowest BCUT2D eigenvalue weighted by Gasteiger charge is -2.35. The lowest BCUT2D eigenvalue weighted by molar-refractivity contribution is 0.0132. The van der Waals surface area contributed by atoms with Crippen LogP contribution in [0, 0.1) is 5.92 Å². The first-order chi connectivity index (χ1) is 13.1. The van der Waals surface area contributed by atoms with Gasteiger partial charge in [0, 0.05) is 45.2 Å². The molecular weight excluding hydrogens is 467 g/mol. The van der Waals surface area contributed by atoms with Crippen molar-refractivity contribution in [1.29, 1.82) is 0 Å². The second kappa shape index (κ2) is 14.1. The summed E-state index contributed by atoms with van der Waals surface area (Å²) in [6, 6.07) is 10.6. The summed E-state index contributed by atoms with van der Waals surface area (Å²) in [5.41, 5.74) is 1.13. The Kier molecular flexibility index (Phi) is 12.7. The fourth-order valence-electron chi connectivity index (χ4n) is 3.52. The van der Waals surface area contributed by atoms with Crippen LogP contribution in [-0.2, 0) is 4.74 Å². The monoisotopic (exact) mass is 504 g/mol. The molecule has 0 amide bonds. The zero-order valence-electron chi connectivity index (χ0n) is 17.4. The van der Waals surface area contributed by atoms with E-state index in [2.05, 4.69) is 46.5 Å². The summed E-state index contributed by atoms with van der Waals surface area (Å²) in [4.78, 5) is 6.87. The molecule has 1 fully saturated rings. The number of ether oxygens (including phenoxy) is 1. The molecule has 1 aromatic rings. The van der Waals surface area contributed by atoms with Gasteiger partial charge in [-0.3, -0.25) is 9.89 Å². The second-order valence-electron chi connectivity index (χ2n) is 7.56. The van der Waals surface area contributed by atoms with E-state index in [0.29, 0.717) is 18.5 Å². The Bertz CT molecular complexity index is 551. The molecule has 1 aliphatic heterocycles. The van der Waals surface area contributed by atoms with Crippen molar-refractivity contribution in [2.24, 2.45) is 10.9 Å². The van der Waals surface area contributed by atoms with Gasteiger partial charge in [0.15, 0.2) is 5.96 Å². The summed E-state index contributed by atoms with van der Waals surface area (Å²) in [6.07, 6.45) is 1.15. The Balaban J connectivity index is 0.00000392. The predicted molar refractivity (Wildman–Crippen MR) is 127 cm³/mol. The minimum Gasteiger partial charge on any atom is -0.396 e. The van der Waals surface area contributed by atoms with Gasteiger partial charge in [-0.2, -0.15) is 0 Å². The zero-order valence-corrected chi connectivity index (χ0v) is 19.8. The summed E-state index contributed by atoms with van der Waals surface area (Å²) < 4.78 is 5.50. The standard InChI is InChI=1S/C21H36N4O2.HI/c1-17(2)13-20(25-9-11-27-12-10-25)15-24-21(22-3)23-14-19(16-26)18-7-5-4-6-8-18;/h4-8,17,19-20,26H,9-16H2,1-3H3,(H2,22,23,24);1H. The van der Waals surface area contributed by atoms with Gasteiger partial charge in [-0.1, -0.05) is 44.2 Å². The Labute approximate surface area is 187 Å². The molecule has 160 valence electrons. The minimum absolute atomic E-state index is 0. The lowest BCUT2D eigenvalue weighted by atomic mass is 10.0. The number of halogens is 1. The molecule has 0 aliphatic carbocycles. The van der Waals surface area contributed by atoms with E-state index in [1.165, 1.54) is 0 Å². The van der Waals surface area contributed by atoms with E-state index < -0.39 is 0 Å². The highest BCUT2D eigenvalue weighted by Gasteiger charge is 2.22.